The average Bonchev–Trinajstić information content (AvgIpc) is 3.03. The fourth-order valence-electron chi connectivity index (χ4n) is 3.48. The lowest BCUT2D eigenvalue weighted by Gasteiger charge is -2.15. The largest absolute Gasteiger partial charge is 0.462 e. The quantitative estimate of drug-likeness (QED) is 0.378. The molecule has 2 aromatic heterocycles. The van der Waals surface area contributed by atoms with E-state index in [-0.39, 0.29) is 0 Å². The van der Waals surface area contributed by atoms with Crippen LogP contribution in [-0.2, 0) is 4.74 Å². The van der Waals surface area contributed by atoms with Gasteiger partial charge in [-0.05, 0) is 45.0 Å². The maximum atomic E-state index is 12.7. The molecule has 0 fully saturated rings. The van der Waals surface area contributed by atoms with Gasteiger partial charge >= 0.3 is 5.97 Å². The molecular formula is C23H20BrN3O2. The van der Waals surface area contributed by atoms with Gasteiger partial charge in [-0.25, -0.2) is 14.8 Å². The van der Waals surface area contributed by atoms with Crippen molar-refractivity contribution in [1.29, 1.82) is 0 Å². The molecule has 4 rings (SSSR count). The zero-order valence-electron chi connectivity index (χ0n) is 16.4. The molecule has 0 saturated carbocycles. The van der Waals surface area contributed by atoms with Crippen LogP contribution in [-0.4, -0.2) is 27.1 Å². The molecule has 0 amide bonds. The van der Waals surface area contributed by atoms with E-state index in [1.807, 2.05) is 60.9 Å². The molecule has 4 aromatic rings. The molecule has 0 atom stereocenters. The summed E-state index contributed by atoms with van der Waals surface area (Å²) in [6.45, 7) is 5.93. The zero-order valence-corrected chi connectivity index (χ0v) is 18.0. The van der Waals surface area contributed by atoms with Crippen LogP contribution in [0, 0.1) is 13.8 Å². The number of esters is 1. The number of aryl methyl sites for hydroxylation is 2. The first-order valence-corrected chi connectivity index (χ1v) is 10.2. The second-order valence-electron chi connectivity index (χ2n) is 6.74. The summed E-state index contributed by atoms with van der Waals surface area (Å²) in [5.74, 6) is 0.121. The number of carbonyl (C=O) groups is 1. The van der Waals surface area contributed by atoms with E-state index < -0.39 is 5.97 Å². The molecule has 146 valence electrons. The van der Waals surface area contributed by atoms with Crippen molar-refractivity contribution in [1.82, 2.24) is 14.5 Å². The fourth-order valence-corrected chi connectivity index (χ4v) is 3.75. The van der Waals surface area contributed by atoms with Crippen LogP contribution in [0.5, 0.6) is 0 Å². The molecule has 29 heavy (non-hydrogen) atoms. The van der Waals surface area contributed by atoms with Crippen LogP contribution in [0.3, 0.4) is 0 Å². The number of ether oxygens (including phenoxy) is 1. The standard InChI is InChI=1S/C23H20BrN3O2/c1-4-29-22(28)20-15(3)25-23(26-21(20)16-9-11-18(24)12-10-16)27-14(2)13-17-7-5-6-8-19(17)27/h5-13H,4H2,1-3H3. The van der Waals surface area contributed by atoms with Crippen molar-refractivity contribution in [3.8, 4) is 17.2 Å². The van der Waals surface area contributed by atoms with Gasteiger partial charge in [0.05, 0.1) is 23.5 Å². The van der Waals surface area contributed by atoms with E-state index in [2.05, 4.69) is 33.0 Å². The molecule has 0 saturated heterocycles. The highest BCUT2D eigenvalue weighted by Gasteiger charge is 2.22. The van der Waals surface area contributed by atoms with Crippen LogP contribution >= 0.6 is 15.9 Å². The van der Waals surface area contributed by atoms with Crippen molar-refractivity contribution in [2.45, 2.75) is 20.8 Å². The summed E-state index contributed by atoms with van der Waals surface area (Å²) in [4.78, 5) is 22.2. The maximum Gasteiger partial charge on any atom is 0.342 e. The molecule has 0 N–H and O–H groups in total. The van der Waals surface area contributed by atoms with Crippen molar-refractivity contribution < 1.29 is 9.53 Å². The van der Waals surface area contributed by atoms with Gasteiger partial charge < -0.3 is 4.74 Å². The first-order chi connectivity index (χ1) is 14.0. The van der Waals surface area contributed by atoms with E-state index >= 15 is 0 Å². The van der Waals surface area contributed by atoms with Gasteiger partial charge in [-0.15, -0.1) is 0 Å². The third kappa shape index (κ3) is 3.56. The van der Waals surface area contributed by atoms with Crippen LogP contribution in [0.2, 0.25) is 0 Å². The number of benzene rings is 2. The van der Waals surface area contributed by atoms with Gasteiger partial charge in [0, 0.05) is 21.1 Å². The van der Waals surface area contributed by atoms with Crippen LogP contribution in [0.1, 0.15) is 28.7 Å². The van der Waals surface area contributed by atoms with Crippen molar-refractivity contribution in [3.63, 3.8) is 0 Å². The Morgan fingerprint density at radius 2 is 1.79 bits per heavy atom. The van der Waals surface area contributed by atoms with Crippen molar-refractivity contribution in [2.24, 2.45) is 0 Å². The van der Waals surface area contributed by atoms with Gasteiger partial charge in [-0.3, -0.25) is 4.57 Å². The van der Waals surface area contributed by atoms with Gasteiger partial charge in [0.1, 0.15) is 5.56 Å². The minimum absolute atomic E-state index is 0.293. The summed E-state index contributed by atoms with van der Waals surface area (Å²) in [7, 11) is 0. The highest BCUT2D eigenvalue weighted by Crippen LogP contribution is 2.29. The minimum atomic E-state index is -0.413. The molecule has 0 radical (unpaired) electrons. The number of para-hydroxylation sites is 1. The van der Waals surface area contributed by atoms with E-state index in [1.165, 1.54) is 0 Å². The summed E-state index contributed by atoms with van der Waals surface area (Å²) >= 11 is 3.46. The molecule has 6 heteroatoms. The number of rotatable bonds is 4. The molecule has 2 heterocycles. The third-order valence-electron chi connectivity index (χ3n) is 4.77. The molecule has 0 spiro atoms. The molecule has 0 bridgehead atoms. The number of aromatic nitrogens is 3. The predicted molar refractivity (Wildman–Crippen MR) is 117 cm³/mol. The summed E-state index contributed by atoms with van der Waals surface area (Å²) in [5, 5.41) is 1.12. The topological polar surface area (TPSA) is 57.0 Å². The lowest BCUT2D eigenvalue weighted by atomic mass is 10.0. The SMILES string of the molecule is CCOC(=O)c1c(C)nc(-n2c(C)cc3ccccc32)nc1-c1ccc(Br)cc1. The lowest BCUT2D eigenvalue weighted by Crippen LogP contribution is -2.14. The first kappa shape index (κ1) is 19.3. The van der Waals surface area contributed by atoms with Gasteiger partial charge in [-0.1, -0.05) is 46.3 Å². The highest BCUT2D eigenvalue weighted by molar-refractivity contribution is 9.10. The van der Waals surface area contributed by atoms with Crippen LogP contribution in [0.15, 0.2) is 59.1 Å². The van der Waals surface area contributed by atoms with Gasteiger partial charge in [0.2, 0.25) is 5.95 Å². The molecule has 0 aliphatic heterocycles. The van der Waals surface area contributed by atoms with E-state index in [9.17, 15) is 4.79 Å². The first-order valence-electron chi connectivity index (χ1n) is 9.38. The molecule has 5 nitrogen and oxygen atoms in total. The zero-order chi connectivity index (χ0) is 20.5. The second-order valence-corrected chi connectivity index (χ2v) is 7.66. The van der Waals surface area contributed by atoms with Crippen molar-refractivity contribution in [2.75, 3.05) is 6.61 Å². The maximum absolute atomic E-state index is 12.7. The Morgan fingerprint density at radius 1 is 1.07 bits per heavy atom. The molecule has 0 aliphatic carbocycles. The highest BCUT2D eigenvalue weighted by atomic mass is 79.9. The average molecular weight is 450 g/mol. The Balaban J connectivity index is 1.99. The van der Waals surface area contributed by atoms with E-state index in [0.717, 1.165) is 26.6 Å². The Labute approximate surface area is 177 Å². The Morgan fingerprint density at radius 3 is 2.52 bits per heavy atom. The summed E-state index contributed by atoms with van der Waals surface area (Å²) < 4.78 is 8.25. The number of halogens is 1. The summed E-state index contributed by atoms with van der Waals surface area (Å²) in [5.41, 5.74) is 4.43. The van der Waals surface area contributed by atoms with E-state index in [1.54, 1.807) is 6.92 Å². The Hall–Kier alpha value is -2.99. The third-order valence-corrected chi connectivity index (χ3v) is 5.30. The Kier molecular flexibility index (Phi) is 5.20. The number of fused-ring (bicyclic) bond motifs is 1. The lowest BCUT2D eigenvalue weighted by molar-refractivity contribution is 0.0525. The van der Waals surface area contributed by atoms with Crippen LogP contribution in [0.25, 0.3) is 28.1 Å². The second kappa shape index (κ2) is 7.79. The van der Waals surface area contributed by atoms with Gasteiger partial charge in [0.15, 0.2) is 0 Å². The van der Waals surface area contributed by atoms with E-state index in [4.69, 9.17) is 9.72 Å². The summed E-state index contributed by atoms with van der Waals surface area (Å²) in [6, 6.07) is 17.9. The molecule has 0 unspecified atom stereocenters. The predicted octanol–water partition coefficient (Wildman–Crippen LogP) is 5.64. The molecular weight excluding hydrogens is 430 g/mol. The normalized spacial score (nSPS) is 11.0. The minimum Gasteiger partial charge on any atom is -0.462 e. The number of nitrogens with zero attached hydrogens (tertiary/aromatic N) is 3. The van der Waals surface area contributed by atoms with Gasteiger partial charge in [0.25, 0.3) is 0 Å². The smallest absolute Gasteiger partial charge is 0.342 e. The fraction of sp³-hybridized carbons (Fsp3) is 0.174. The summed E-state index contributed by atoms with van der Waals surface area (Å²) in [6.07, 6.45) is 0. The number of hydrogen-bond acceptors (Lipinski definition) is 4. The van der Waals surface area contributed by atoms with E-state index in [0.29, 0.717) is 29.5 Å². The number of hydrogen-bond donors (Lipinski definition) is 0. The van der Waals surface area contributed by atoms with Crippen LogP contribution < -0.4 is 0 Å². The van der Waals surface area contributed by atoms with Crippen molar-refractivity contribution >= 4 is 32.8 Å². The number of carbonyl (C=O) groups excluding carboxylic acids is 1. The van der Waals surface area contributed by atoms with Gasteiger partial charge in [-0.2, -0.15) is 0 Å². The van der Waals surface area contributed by atoms with Crippen molar-refractivity contribution in [3.05, 3.63) is 76.0 Å². The monoisotopic (exact) mass is 449 g/mol. The molecule has 0 aliphatic rings. The molecule has 2 aromatic carbocycles. The Bertz CT molecular complexity index is 1210. The van der Waals surface area contributed by atoms with Crippen LogP contribution in [0.4, 0.5) is 0 Å².